The molecule has 0 aliphatic heterocycles. The van der Waals surface area contributed by atoms with Gasteiger partial charge in [0.25, 0.3) is 5.89 Å². The van der Waals surface area contributed by atoms with E-state index in [1.807, 2.05) is 13.8 Å². The molecule has 2 heterocycles. The summed E-state index contributed by atoms with van der Waals surface area (Å²) in [6.45, 7) is 4.05. The standard InChI is InChI=1S/C15H14BrN3O3S/c1-7(2)17-15-18-9(6-23-15)13-19-12-8(14(20)22-13)4-5-10(21-3)11(12)16/h4-7H,1-3H3,(H,17,18). The van der Waals surface area contributed by atoms with Gasteiger partial charge < -0.3 is 14.5 Å². The molecule has 0 radical (unpaired) electrons. The number of aromatic nitrogens is 2. The topological polar surface area (TPSA) is 77.2 Å². The normalized spacial score (nSPS) is 11.2. The number of hydrogen-bond acceptors (Lipinski definition) is 7. The minimum absolute atomic E-state index is 0.185. The molecule has 0 aliphatic carbocycles. The summed E-state index contributed by atoms with van der Waals surface area (Å²) in [5, 5.41) is 6.15. The van der Waals surface area contributed by atoms with Gasteiger partial charge in [0.05, 0.1) is 22.5 Å². The highest BCUT2D eigenvalue weighted by Crippen LogP contribution is 2.32. The van der Waals surface area contributed by atoms with Crippen LogP contribution in [0.3, 0.4) is 0 Å². The van der Waals surface area contributed by atoms with Gasteiger partial charge in [-0.2, -0.15) is 0 Å². The maximum Gasteiger partial charge on any atom is 0.347 e. The fourth-order valence-electron chi connectivity index (χ4n) is 2.04. The van der Waals surface area contributed by atoms with Crippen molar-refractivity contribution in [3.8, 4) is 17.3 Å². The van der Waals surface area contributed by atoms with Crippen molar-refractivity contribution in [1.82, 2.24) is 9.97 Å². The van der Waals surface area contributed by atoms with Crippen LogP contribution in [0.5, 0.6) is 5.75 Å². The zero-order valence-electron chi connectivity index (χ0n) is 12.7. The highest BCUT2D eigenvalue weighted by atomic mass is 79.9. The highest BCUT2D eigenvalue weighted by molar-refractivity contribution is 9.10. The van der Waals surface area contributed by atoms with E-state index in [1.165, 1.54) is 11.3 Å². The Kier molecular flexibility index (Phi) is 4.36. The molecule has 0 bridgehead atoms. The van der Waals surface area contributed by atoms with Crippen LogP contribution in [0.15, 0.2) is 31.2 Å². The van der Waals surface area contributed by atoms with Crippen molar-refractivity contribution in [3.63, 3.8) is 0 Å². The summed E-state index contributed by atoms with van der Waals surface area (Å²) in [6, 6.07) is 3.59. The van der Waals surface area contributed by atoms with Crippen molar-refractivity contribution in [2.45, 2.75) is 19.9 Å². The molecule has 120 valence electrons. The monoisotopic (exact) mass is 395 g/mol. The highest BCUT2D eigenvalue weighted by Gasteiger charge is 2.16. The van der Waals surface area contributed by atoms with Crippen LogP contribution >= 0.6 is 27.3 Å². The maximum atomic E-state index is 12.2. The Hall–Kier alpha value is -1.93. The van der Waals surface area contributed by atoms with Gasteiger partial charge in [-0.3, -0.25) is 0 Å². The van der Waals surface area contributed by atoms with Crippen molar-refractivity contribution in [3.05, 3.63) is 32.4 Å². The van der Waals surface area contributed by atoms with E-state index in [9.17, 15) is 4.79 Å². The molecular weight excluding hydrogens is 382 g/mol. The second-order valence-corrected chi connectivity index (χ2v) is 6.77. The molecule has 2 aromatic heterocycles. The molecule has 0 saturated carbocycles. The number of thiazole rings is 1. The molecule has 0 saturated heterocycles. The molecule has 0 atom stereocenters. The van der Waals surface area contributed by atoms with Crippen LogP contribution in [0, 0.1) is 0 Å². The van der Waals surface area contributed by atoms with Crippen molar-refractivity contribution in [2.75, 3.05) is 12.4 Å². The van der Waals surface area contributed by atoms with Crippen molar-refractivity contribution < 1.29 is 9.15 Å². The molecule has 1 N–H and O–H groups in total. The lowest BCUT2D eigenvalue weighted by atomic mass is 10.2. The maximum absolute atomic E-state index is 12.2. The largest absolute Gasteiger partial charge is 0.495 e. The Balaban J connectivity index is 2.13. The van der Waals surface area contributed by atoms with Crippen LogP contribution in [0.2, 0.25) is 0 Å². The van der Waals surface area contributed by atoms with Gasteiger partial charge in [-0.1, -0.05) is 0 Å². The average molecular weight is 396 g/mol. The van der Waals surface area contributed by atoms with Gasteiger partial charge in [0.15, 0.2) is 5.13 Å². The van der Waals surface area contributed by atoms with E-state index in [1.54, 1.807) is 24.6 Å². The Labute approximate surface area is 144 Å². The molecule has 0 spiro atoms. The SMILES string of the molecule is COc1ccc2c(=O)oc(-c3csc(NC(C)C)n3)nc2c1Br. The number of nitrogens with zero attached hydrogens (tertiary/aromatic N) is 2. The molecule has 8 heteroatoms. The lowest BCUT2D eigenvalue weighted by molar-refractivity contribution is 0.412. The molecule has 6 nitrogen and oxygen atoms in total. The van der Waals surface area contributed by atoms with Crippen LogP contribution in [0.4, 0.5) is 5.13 Å². The number of methoxy groups -OCH3 is 1. The Morgan fingerprint density at radius 1 is 1.35 bits per heavy atom. The zero-order chi connectivity index (χ0) is 16.6. The lowest BCUT2D eigenvalue weighted by Gasteiger charge is -2.06. The quantitative estimate of drug-likeness (QED) is 0.721. The van der Waals surface area contributed by atoms with E-state index in [0.717, 1.165) is 5.13 Å². The fraction of sp³-hybridized carbons (Fsp3) is 0.267. The Morgan fingerprint density at radius 2 is 2.13 bits per heavy atom. The predicted molar refractivity (Wildman–Crippen MR) is 94.4 cm³/mol. The fourth-order valence-corrected chi connectivity index (χ4v) is 3.47. The number of nitrogens with one attached hydrogen (secondary N) is 1. The number of fused-ring (bicyclic) bond motifs is 1. The minimum atomic E-state index is -0.459. The van der Waals surface area contributed by atoms with Gasteiger partial charge in [-0.15, -0.1) is 11.3 Å². The number of benzene rings is 1. The molecule has 0 amide bonds. The molecule has 0 unspecified atom stereocenters. The second kappa shape index (κ2) is 6.29. The number of anilines is 1. The van der Waals surface area contributed by atoms with E-state index in [4.69, 9.17) is 9.15 Å². The molecular formula is C15H14BrN3O3S. The number of hydrogen-bond donors (Lipinski definition) is 1. The Morgan fingerprint density at radius 3 is 2.83 bits per heavy atom. The molecule has 3 rings (SSSR count). The van der Waals surface area contributed by atoms with Gasteiger partial charge in [0.2, 0.25) is 0 Å². The van der Waals surface area contributed by atoms with Crippen molar-refractivity contribution in [1.29, 1.82) is 0 Å². The Bertz CT molecular complexity index is 920. The van der Waals surface area contributed by atoms with Crippen molar-refractivity contribution >= 4 is 43.3 Å². The summed E-state index contributed by atoms with van der Waals surface area (Å²) in [7, 11) is 1.56. The molecule has 0 fully saturated rings. The first-order chi connectivity index (χ1) is 11.0. The molecule has 0 aliphatic rings. The van der Waals surface area contributed by atoms with Crippen molar-refractivity contribution in [2.24, 2.45) is 0 Å². The van der Waals surface area contributed by atoms with E-state index in [-0.39, 0.29) is 11.9 Å². The van der Waals surface area contributed by atoms with Gasteiger partial charge >= 0.3 is 5.63 Å². The summed E-state index contributed by atoms with van der Waals surface area (Å²) in [5.41, 5.74) is 0.550. The van der Waals surface area contributed by atoms with Crippen LogP contribution in [0.1, 0.15) is 13.8 Å². The smallest absolute Gasteiger partial charge is 0.347 e. The average Bonchev–Trinajstić information content (AvgIpc) is 2.96. The third-order valence-electron chi connectivity index (χ3n) is 3.06. The summed E-state index contributed by atoms with van der Waals surface area (Å²) < 4.78 is 11.2. The van der Waals surface area contributed by atoms with Gasteiger partial charge in [-0.25, -0.2) is 14.8 Å². The zero-order valence-corrected chi connectivity index (χ0v) is 15.1. The first kappa shape index (κ1) is 15.9. The first-order valence-corrected chi connectivity index (χ1v) is 8.56. The van der Waals surface area contributed by atoms with Gasteiger partial charge in [0, 0.05) is 11.4 Å². The molecule has 1 aromatic carbocycles. The third-order valence-corrected chi connectivity index (χ3v) is 4.60. The van der Waals surface area contributed by atoms with E-state index in [2.05, 4.69) is 31.2 Å². The van der Waals surface area contributed by atoms with Crippen LogP contribution < -0.4 is 15.7 Å². The number of halogens is 1. The number of rotatable bonds is 4. The third kappa shape index (κ3) is 3.09. The van der Waals surface area contributed by atoms with Gasteiger partial charge in [0.1, 0.15) is 11.4 Å². The van der Waals surface area contributed by atoms with Crippen LogP contribution in [0.25, 0.3) is 22.5 Å². The summed E-state index contributed by atoms with van der Waals surface area (Å²) >= 11 is 4.86. The second-order valence-electron chi connectivity index (χ2n) is 5.12. The molecule has 3 aromatic rings. The van der Waals surface area contributed by atoms with E-state index >= 15 is 0 Å². The number of ether oxygens (including phenoxy) is 1. The van der Waals surface area contributed by atoms with E-state index in [0.29, 0.717) is 26.8 Å². The van der Waals surface area contributed by atoms with Crippen LogP contribution in [-0.4, -0.2) is 23.1 Å². The summed E-state index contributed by atoms with van der Waals surface area (Å²) in [6.07, 6.45) is 0. The first-order valence-electron chi connectivity index (χ1n) is 6.89. The molecule has 23 heavy (non-hydrogen) atoms. The van der Waals surface area contributed by atoms with Crippen LogP contribution in [-0.2, 0) is 0 Å². The lowest BCUT2D eigenvalue weighted by Crippen LogP contribution is -2.09. The predicted octanol–water partition coefficient (Wildman–Crippen LogP) is 3.90. The minimum Gasteiger partial charge on any atom is -0.495 e. The van der Waals surface area contributed by atoms with E-state index < -0.39 is 5.63 Å². The summed E-state index contributed by atoms with van der Waals surface area (Å²) in [4.78, 5) is 21.0. The van der Waals surface area contributed by atoms with Gasteiger partial charge in [-0.05, 0) is 41.9 Å². The summed E-state index contributed by atoms with van der Waals surface area (Å²) in [5.74, 6) is 0.784.